The first-order chi connectivity index (χ1) is 9.63. The Morgan fingerprint density at radius 3 is 2.65 bits per heavy atom. The fourth-order valence-corrected chi connectivity index (χ4v) is 2.30. The van der Waals surface area contributed by atoms with Crippen LogP contribution in [0.1, 0.15) is 5.56 Å². The van der Waals surface area contributed by atoms with E-state index < -0.39 is 0 Å². The zero-order valence-corrected chi connectivity index (χ0v) is 13.5. The van der Waals surface area contributed by atoms with E-state index in [0.717, 1.165) is 15.9 Å². The third-order valence-electron chi connectivity index (χ3n) is 2.72. The second-order valence-corrected chi connectivity index (χ2v) is 5.26. The molecule has 0 spiro atoms. The first kappa shape index (κ1) is 14.9. The van der Waals surface area contributed by atoms with Crippen LogP contribution in [-0.4, -0.2) is 19.2 Å². The van der Waals surface area contributed by atoms with Gasteiger partial charge in [0.15, 0.2) is 11.5 Å². The van der Waals surface area contributed by atoms with Crippen LogP contribution in [0.5, 0.6) is 11.5 Å². The molecule has 0 aliphatic heterocycles. The number of anilines is 1. The zero-order valence-electron chi connectivity index (χ0n) is 11.1. The Morgan fingerprint density at radius 2 is 2.05 bits per heavy atom. The van der Waals surface area contributed by atoms with Crippen LogP contribution < -0.4 is 14.8 Å². The monoisotopic (exact) mass is 356 g/mol. The highest BCUT2D eigenvalue weighted by atomic mass is 79.9. The fourth-order valence-electron chi connectivity index (χ4n) is 1.76. The van der Waals surface area contributed by atoms with Crippen LogP contribution in [0.2, 0.25) is 5.02 Å². The second-order valence-electron chi connectivity index (χ2n) is 4.04. The molecule has 0 atom stereocenters. The Kier molecular flexibility index (Phi) is 5.09. The van der Waals surface area contributed by atoms with Gasteiger partial charge in [0.1, 0.15) is 4.60 Å². The van der Waals surface area contributed by atoms with Crippen LogP contribution in [0.25, 0.3) is 0 Å². The molecule has 0 saturated heterocycles. The van der Waals surface area contributed by atoms with E-state index in [2.05, 4.69) is 26.2 Å². The number of hydrogen-bond acceptors (Lipinski definition) is 4. The van der Waals surface area contributed by atoms with Gasteiger partial charge in [0.25, 0.3) is 0 Å². The minimum absolute atomic E-state index is 0.526. The van der Waals surface area contributed by atoms with E-state index >= 15 is 0 Å². The Morgan fingerprint density at radius 1 is 1.25 bits per heavy atom. The number of ether oxygens (including phenoxy) is 2. The molecule has 106 valence electrons. The highest BCUT2D eigenvalue weighted by Gasteiger charge is 2.10. The lowest BCUT2D eigenvalue weighted by Gasteiger charge is -2.12. The molecule has 6 heteroatoms. The Balaban J connectivity index is 2.13. The summed E-state index contributed by atoms with van der Waals surface area (Å²) >= 11 is 9.46. The summed E-state index contributed by atoms with van der Waals surface area (Å²) in [5.41, 5.74) is 1.93. The van der Waals surface area contributed by atoms with Crippen LogP contribution in [0, 0.1) is 0 Å². The lowest BCUT2D eigenvalue weighted by atomic mass is 10.2. The average molecular weight is 358 g/mol. The predicted molar refractivity (Wildman–Crippen MR) is 83.8 cm³/mol. The summed E-state index contributed by atoms with van der Waals surface area (Å²) in [6.45, 7) is 0.614. The van der Waals surface area contributed by atoms with Gasteiger partial charge >= 0.3 is 0 Å². The molecular formula is C14H14BrClN2O2. The molecule has 1 aromatic heterocycles. The summed E-state index contributed by atoms with van der Waals surface area (Å²) in [6, 6.07) is 7.57. The van der Waals surface area contributed by atoms with Crippen molar-refractivity contribution in [3.05, 3.63) is 45.7 Å². The largest absolute Gasteiger partial charge is 0.493 e. The minimum atomic E-state index is 0.526. The summed E-state index contributed by atoms with van der Waals surface area (Å²) in [5, 5.41) is 3.79. The average Bonchev–Trinajstić information content (AvgIpc) is 2.46. The molecule has 0 unspecified atom stereocenters. The zero-order chi connectivity index (χ0) is 14.5. The van der Waals surface area contributed by atoms with Crippen LogP contribution in [-0.2, 0) is 6.54 Å². The molecule has 0 aliphatic rings. The van der Waals surface area contributed by atoms with Gasteiger partial charge in [-0.05, 0) is 45.8 Å². The quantitative estimate of drug-likeness (QED) is 0.817. The maximum Gasteiger partial charge on any atom is 0.179 e. The first-order valence-electron chi connectivity index (χ1n) is 5.90. The number of aromatic nitrogens is 1. The molecule has 1 N–H and O–H groups in total. The minimum Gasteiger partial charge on any atom is -0.493 e. The van der Waals surface area contributed by atoms with Gasteiger partial charge in [-0.3, -0.25) is 0 Å². The second kappa shape index (κ2) is 6.81. The SMILES string of the molecule is COc1cc(CNc2ccc(Br)nc2)cc(Cl)c1OC. The Bertz CT molecular complexity index is 590. The van der Waals surface area contributed by atoms with Crippen molar-refractivity contribution in [3.63, 3.8) is 0 Å². The summed E-state index contributed by atoms with van der Waals surface area (Å²) in [7, 11) is 3.15. The van der Waals surface area contributed by atoms with Crippen LogP contribution in [0.4, 0.5) is 5.69 Å². The molecule has 0 aliphatic carbocycles. The van der Waals surface area contributed by atoms with Gasteiger partial charge in [-0.2, -0.15) is 0 Å². The van der Waals surface area contributed by atoms with Gasteiger partial charge in [-0.1, -0.05) is 11.6 Å². The summed E-state index contributed by atoms with van der Waals surface area (Å²) < 4.78 is 11.3. The van der Waals surface area contributed by atoms with E-state index in [9.17, 15) is 0 Å². The van der Waals surface area contributed by atoms with E-state index in [0.29, 0.717) is 23.1 Å². The lowest BCUT2D eigenvalue weighted by Crippen LogP contribution is -2.01. The normalized spacial score (nSPS) is 10.2. The highest BCUT2D eigenvalue weighted by Crippen LogP contribution is 2.36. The maximum absolute atomic E-state index is 6.16. The van der Waals surface area contributed by atoms with Crippen molar-refractivity contribution >= 4 is 33.2 Å². The fraction of sp³-hybridized carbons (Fsp3) is 0.214. The van der Waals surface area contributed by atoms with Crippen LogP contribution in [0.15, 0.2) is 35.1 Å². The summed E-state index contributed by atoms with van der Waals surface area (Å²) in [4.78, 5) is 4.15. The van der Waals surface area contributed by atoms with Crippen molar-refractivity contribution in [3.8, 4) is 11.5 Å². The van der Waals surface area contributed by atoms with Gasteiger partial charge < -0.3 is 14.8 Å². The Hall–Kier alpha value is -1.46. The molecule has 2 aromatic rings. The van der Waals surface area contributed by atoms with Gasteiger partial charge in [-0.25, -0.2) is 4.98 Å². The molecule has 0 bridgehead atoms. The van der Waals surface area contributed by atoms with E-state index in [4.69, 9.17) is 21.1 Å². The third-order valence-corrected chi connectivity index (χ3v) is 3.47. The molecular weight excluding hydrogens is 344 g/mol. The number of rotatable bonds is 5. The van der Waals surface area contributed by atoms with E-state index in [1.165, 1.54) is 0 Å². The van der Waals surface area contributed by atoms with Gasteiger partial charge in [0.2, 0.25) is 0 Å². The van der Waals surface area contributed by atoms with Crippen molar-refractivity contribution in [1.29, 1.82) is 0 Å². The number of halogens is 2. The molecule has 0 fully saturated rings. The smallest absolute Gasteiger partial charge is 0.179 e. The molecule has 0 amide bonds. The van der Waals surface area contributed by atoms with Crippen molar-refractivity contribution in [2.75, 3.05) is 19.5 Å². The number of pyridine rings is 1. The van der Waals surface area contributed by atoms with E-state index in [1.54, 1.807) is 20.4 Å². The highest BCUT2D eigenvalue weighted by molar-refractivity contribution is 9.10. The van der Waals surface area contributed by atoms with E-state index in [1.807, 2.05) is 24.3 Å². The van der Waals surface area contributed by atoms with Crippen molar-refractivity contribution in [2.45, 2.75) is 6.54 Å². The van der Waals surface area contributed by atoms with Crippen LogP contribution in [0.3, 0.4) is 0 Å². The third kappa shape index (κ3) is 3.55. The molecule has 4 nitrogen and oxygen atoms in total. The number of nitrogens with one attached hydrogen (secondary N) is 1. The van der Waals surface area contributed by atoms with Gasteiger partial charge in [0.05, 0.1) is 31.1 Å². The van der Waals surface area contributed by atoms with Crippen molar-refractivity contribution < 1.29 is 9.47 Å². The molecule has 1 heterocycles. The standard InChI is InChI=1S/C14H14BrClN2O2/c1-19-12-6-9(5-11(16)14(12)20-2)7-17-10-3-4-13(15)18-8-10/h3-6,8,17H,7H2,1-2H3. The van der Waals surface area contributed by atoms with Crippen molar-refractivity contribution in [2.24, 2.45) is 0 Å². The predicted octanol–water partition coefficient (Wildman–Crippen LogP) is 4.13. The first-order valence-corrected chi connectivity index (χ1v) is 7.07. The topological polar surface area (TPSA) is 43.4 Å². The van der Waals surface area contributed by atoms with Crippen molar-refractivity contribution in [1.82, 2.24) is 4.98 Å². The number of methoxy groups -OCH3 is 2. The lowest BCUT2D eigenvalue weighted by molar-refractivity contribution is 0.355. The van der Waals surface area contributed by atoms with Crippen LogP contribution >= 0.6 is 27.5 Å². The molecule has 20 heavy (non-hydrogen) atoms. The molecule has 1 aromatic carbocycles. The van der Waals surface area contributed by atoms with Gasteiger partial charge in [0, 0.05) is 6.54 Å². The van der Waals surface area contributed by atoms with E-state index in [-0.39, 0.29) is 0 Å². The molecule has 0 radical (unpaired) electrons. The summed E-state index contributed by atoms with van der Waals surface area (Å²) in [5.74, 6) is 1.16. The number of nitrogens with zero attached hydrogens (tertiary/aromatic N) is 1. The number of benzene rings is 1. The number of hydrogen-bond donors (Lipinski definition) is 1. The molecule has 2 rings (SSSR count). The van der Waals surface area contributed by atoms with Gasteiger partial charge in [-0.15, -0.1) is 0 Å². The Labute approximate surface area is 131 Å². The maximum atomic E-state index is 6.16. The molecule has 0 saturated carbocycles. The summed E-state index contributed by atoms with van der Waals surface area (Å²) in [6.07, 6.45) is 1.76.